The Balaban J connectivity index is 1.35. The first-order valence-corrected chi connectivity index (χ1v) is 13.0. The van der Waals surface area contributed by atoms with Gasteiger partial charge in [-0.3, -0.25) is 9.59 Å². The van der Waals surface area contributed by atoms with Gasteiger partial charge in [0.1, 0.15) is 0 Å². The number of thiophene rings is 1. The summed E-state index contributed by atoms with van der Waals surface area (Å²) in [4.78, 5) is 28.4. The van der Waals surface area contributed by atoms with E-state index in [4.69, 9.17) is 0 Å². The Morgan fingerprint density at radius 2 is 0.649 bits per heavy atom. The summed E-state index contributed by atoms with van der Waals surface area (Å²) in [6.07, 6.45) is 4.37. The van der Waals surface area contributed by atoms with Crippen molar-refractivity contribution in [2.75, 3.05) is 0 Å². The molecule has 0 saturated carbocycles. The van der Waals surface area contributed by atoms with Crippen LogP contribution in [0.15, 0.2) is 109 Å². The van der Waals surface area contributed by atoms with E-state index in [1.807, 2.05) is 97.1 Å². The Morgan fingerprint density at radius 1 is 0.378 bits per heavy atom. The van der Waals surface area contributed by atoms with Crippen LogP contribution in [0.25, 0.3) is 23.3 Å². The van der Waals surface area contributed by atoms with E-state index < -0.39 is 0 Å². The fourth-order valence-corrected chi connectivity index (χ4v) is 6.26. The van der Waals surface area contributed by atoms with Crippen LogP contribution < -0.4 is 0 Å². The Labute approximate surface area is 218 Å². The van der Waals surface area contributed by atoms with Crippen LogP contribution in [0.1, 0.15) is 63.9 Å². The zero-order valence-electron chi connectivity index (χ0n) is 19.8. The largest absolute Gasteiger partial charge is 0.289 e. The number of benzene rings is 4. The molecule has 3 heteroatoms. The van der Waals surface area contributed by atoms with E-state index >= 15 is 0 Å². The number of fused-ring (bicyclic) bond motifs is 4. The minimum Gasteiger partial charge on any atom is -0.289 e. The molecular weight excluding hydrogens is 472 g/mol. The summed E-state index contributed by atoms with van der Waals surface area (Å²) in [5, 5.41) is 0. The first kappa shape index (κ1) is 21.7. The van der Waals surface area contributed by atoms with Crippen molar-refractivity contribution in [1.29, 1.82) is 0 Å². The van der Waals surface area contributed by atoms with Crippen molar-refractivity contribution in [3.8, 4) is 0 Å². The Hall–Kier alpha value is -4.60. The molecule has 1 aromatic heterocycles. The number of carbonyl (C=O) groups excluding carboxylic acids is 2. The van der Waals surface area contributed by atoms with Crippen LogP contribution in [-0.2, 0) is 0 Å². The van der Waals surface area contributed by atoms with Crippen molar-refractivity contribution in [3.63, 3.8) is 0 Å². The van der Waals surface area contributed by atoms with E-state index in [2.05, 4.69) is 24.3 Å². The second kappa shape index (κ2) is 8.51. The molecule has 0 spiro atoms. The van der Waals surface area contributed by atoms with Gasteiger partial charge in [-0.05, 0) is 57.7 Å². The second-order valence-electron chi connectivity index (χ2n) is 9.20. The quantitative estimate of drug-likeness (QED) is 0.245. The topological polar surface area (TPSA) is 34.1 Å². The Bertz CT molecular complexity index is 1580. The van der Waals surface area contributed by atoms with Crippen LogP contribution in [0.2, 0.25) is 0 Å². The lowest BCUT2D eigenvalue weighted by atomic mass is 9.81. The fraction of sp³-hybridized carbons (Fsp3) is 0. The predicted molar refractivity (Wildman–Crippen MR) is 151 cm³/mol. The third kappa shape index (κ3) is 3.47. The van der Waals surface area contributed by atoms with Gasteiger partial charge in [-0.25, -0.2) is 0 Å². The molecule has 2 aliphatic carbocycles. The molecule has 37 heavy (non-hydrogen) atoms. The monoisotopic (exact) mass is 492 g/mol. The van der Waals surface area contributed by atoms with E-state index in [-0.39, 0.29) is 11.6 Å². The lowest BCUT2D eigenvalue weighted by molar-refractivity contribution is 0.102. The summed E-state index contributed by atoms with van der Waals surface area (Å²) in [6.45, 7) is 0. The highest BCUT2D eigenvalue weighted by Crippen LogP contribution is 2.40. The molecule has 0 unspecified atom stereocenters. The molecule has 174 valence electrons. The minimum absolute atomic E-state index is 0.0733. The maximum absolute atomic E-state index is 13.1. The predicted octanol–water partition coefficient (Wildman–Crippen LogP) is 8.01. The van der Waals surface area contributed by atoms with Crippen molar-refractivity contribution >= 4 is 46.2 Å². The lowest BCUT2D eigenvalue weighted by Gasteiger charge is -2.21. The van der Waals surface area contributed by atoms with Gasteiger partial charge in [0.2, 0.25) is 0 Å². The number of ketones is 2. The molecule has 2 aliphatic rings. The summed E-state index contributed by atoms with van der Waals surface area (Å²) >= 11 is 1.70. The third-order valence-corrected chi connectivity index (χ3v) is 8.05. The molecule has 1 heterocycles. The number of hydrogen-bond acceptors (Lipinski definition) is 3. The maximum Gasteiger partial charge on any atom is 0.194 e. The molecule has 4 aromatic carbocycles. The molecule has 0 radical (unpaired) electrons. The Morgan fingerprint density at radius 3 is 0.946 bits per heavy atom. The van der Waals surface area contributed by atoms with Crippen molar-refractivity contribution in [1.82, 2.24) is 0 Å². The van der Waals surface area contributed by atoms with Crippen LogP contribution >= 0.6 is 11.3 Å². The third-order valence-electron chi connectivity index (χ3n) is 7.07. The van der Waals surface area contributed by atoms with Gasteiger partial charge in [-0.15, -0.1) is 11.3 Å². The normalized spacial score (nSPS) is 13.4. The fourth-order valence-electron chi connectivity index (χ4n) is 5.36. The van der Waals surface area contributed by atoms with E-state index in [0.717, 1.165) is 65.4 Å². The summed E-state index contributed by atoms with van der Waals surface area (Å²) in [7, 11) is 0. The number of carbonyl (C=O) groups is 2. The summed E-state index contributed by atoms with van der Waals surface area (Å²) < 4.78 is 0. The van der Waals surface area contributed by atoms with E-state index in [9.17, 15) is 9.59 Å². The number of hydrogen-bond donors (Lipinski definition) is 0. The zero-order chi connectivity index (χ0) is 24.9. The summed E-state index contributed by atoms with van der Waals surface area (Å²) in [5.74, 6) is 0.147. The van der Waals surface area contributed by atoms with E-state index in [1.165, 1.54) is 0 Å². The highest BCUT2D eigenvalue weighted by Gasteiger charge is 2.27. The van der Waals surface area contributed by atoms with Gasteiger partial charge in [-0.2, -0.15) is 0 Å². The first-order chi connectivity index (χ1) is 18.2. The van der Waals surface area contributed by atoms with Crippen molar-refractivity contribution in [2.45, 2.75) is 0 Å². The van der Waals surface area contributed by atoms with Crippen molar-refractivity contribution in [3.05, 3.63) is 163 Å². The first-order valence-electron chi connectivity index (χ1n) is 12.2. The summed E-state index contributed by atoms with van der Waals surface area (Å²) in [5.41, 5.74) is 8.95. The van der Waals surface area contributed by atoms with Gasteiger partial charge in [0, 0.05) is 32.0 Å². The van der Waals surface area contributed by atoms with Gasteiger partial charge in [0.05, 0.1) is 0 Å². The zero-order valence-corrected chi connectivity index (χ0v) is 20.6. The average molecular weight is 493 g/mol. The molecule has 0 fully saturated rings. The van der Waals surface area contributed by atoms with Crippen molar-refractivity contribution < 1.29 is 9.59 Å². The van der Waals surface area contributed by atoms with Crippen LogP contribution in [0.3, 0.4) is 0 Å². The molecule has 0 saturated heterocycles. The minimum atomic E-state index is 0.0733. The van der Waals surface area contributed by atoms with Crippen LogP contribution in [-0.4, -0.2) is 11.6 Å². The smallest absolute Gasteiger partial charge is 0.194 e. The van der Waals surface area contributed by atoms with Gasteiger partial charge in [0.15, 0.2) is 11.6 Å². The molecule has 0 amide bonds. The number of rotatable bonds is 2. The van der Waals surface area contributed by atoms with Gasteiger partial charge in [0.25, 0.3) is 0 Å². The molecule has 0 N–H and O–H groups in total. The van der Waals surface area contributed by atoms with Crippen LogP contribution in [0, 0.1) is 0 Å². The molecule has 0 aliphatic heterocycles. The standard InChI is InChI=1S/C34H20O2S/c35-33-27-13-5-1-9-23(27)31(24-10-2-6-14-28(24)33)19-21-17-18-22(37-21)20-32-25-11-3-7-15-29(25)34(36)30-16-8-4-12-26(30)32/h1-20H. The molecule has 0 atom stereocenters. The van der Waals surface area contributed by atoms with E-state index in [1.54, 1.807) is 11.3 Å². The van der Waals surface area contributed by atoms with Gasteiger partial charge in [-0.1, -0.05) is 97.1 Å². The average Bonchev–Trinajstić information content (AvgIpc) is 3.40. The van der Waals surface area contributed by atoms with E-state index in [0.29, 0.717) is 0 Å². The molecule has 2 nitrogen and oxygen atoms in total. The molecular formula is C34H20O2S. The van der Waals surface area contributed by atoms with Crippen molar-refractivity contribution in [2.24, 2.45) is 0 Å². The molecule has 7 rings (SSSR count). The lowest BCUT2D eigenvalue weighted by Crippen LogP contribution is -2.14. The van der Waals surface area contributed by atoms with Crippen LogP contribution in [0.4, 0.5) is 0 Å². The van der Waals surface area contributed by atoms with Crippen LogP contribution in [0.5, 0.6) is 0 Å². The molecule has 5 aromatic rings. The SMILES string of the molecule is O=C1c2ccccc2C(=Cc2ccc(C=C3c4ccccc4C(=O)c4ccccc43)s2)c2ccccc21. The highest BCUT2D eigenvalue weighted by atomic mass is 32.1. The maximum atomic E-state index is 13.1. The van der Waals surface area contributed by atoms with Gasteiger partial charge < -0.3 is 0 Å². The second-order valence-corrected chi connectivity index (χ2v) is 10.3. The Kier molecular flexibility index (Phi) is 4.98. The highest BCUT2D eigenvalue weighted by molar-refractivity contribution is 7.13. The molecule has 0 bridgehead atoms. The summed E-state index contributed by atoms with van der Waals surface area (Å²) in [6, 6.07) is 35.6. The van der Waals surface area contributed by atoms with Gasteiger partial charge >= 0.3 is 0 Å².